The van der Waals surface area contributed by atoms with Crippen LogP contribution in [0.25, 0.3) is 0 Å². The van der Waals surface area contributed by atoms with Crippen LogP contribution in [0.5, 0.6) is 11.5 Å². The molecule has 0 aliphatic heterocycles. The van der Waals surface area contributed by atoms with E-state index in [1.165, 1.54) is 33.8 Å². The van der Waals surface area contributed by atoms with E-state index in [-0.39, 0.29) is 11.4 Å². The molecule has 0 spiro atoms. The molecule has 5 atom stereocenters. The zero-order valence-electron chi connectivity index (χ0n) is 29.2. The molecule has 50 heavy (non-hydrogen) atoms. The van der Waals surface area contributed by atoms with Crippen LogP contribution in [0.2, 0.25) is 0 Å². The van der Waals surface area contributed by atoms with Crippen molar-refractivity contribution in [1.29, 1.82) is 0 Å². The molecular weight excluding hydrogens is 789 g/mol. The van der Waals surface area contributed by atoms with Crippen LogP contribution < -0.4 is 14.8 Å². The van der Waals surface area contributed by atoms with Gasteiger partial charge in [-0.3, -0.25) is 0 Å². The first kappa shape index (κ1) is 41.8. The third-order valence-corrected chi connectivity index (χ3v) is 22.8. The third kappa shape index (κ3) is 13.8. The number of thiocarbonyl (C=S) groups is 1. The van der Waals surface area contributed by atoms with Gasteiger partial charge in [0.2, 0.25) is 5.56 Å². The van der Waals surface area contributed by atoms with Crippen molar-refractivity contribution < 1.29 is 9.47 Å². The summed E-state index contributed by atoms with van der Waals surface area (Å²) in [7, 11) is 0. The number of hydrogen-bond donors (Lipinski definition) is 1. The highest BCUT2D eigenvalue weighted by molar-refractivity contribution is 8.94. The third-order valence-electron chi connectivity index (χ3n) is 7.95. The topological polar surface area (TPSA) is 30.5 Å². The molecule has 0 aliphatic rings. The Bertz CT molecular complexity index is 1740. The molecule has 268 valence electrons. The van der Waals surface area contributed by atoms with Crippen LogP contribution in [-0.4, -0.2) is 16.0 Å². The van der Waals surface area contributed by atoms with E-state index in [9.17, 15) is 0 Å². The monoisotopic (exact) mass is 835 g/mol. The predicted molar refractivity (Wildman–Crippen MR) is 240 cm³/mol. The standard InChI is InChI=1S/C38H47NO2P2S7/c1-6-7-8-9-22-31(37(40-32-23-14-10-18-27(32)2)49-42(45)47-34-25-16-12-20-29(34)4)36(44)39-38(41-33-24-15-11-19-28(33)3)50-43(46)48-35-26-17-13-21-30(35)5/h10-21,23-26,31,37-38,42-43H,6-9,22H2,1-5H3,(H,39,44). The number of aryl methyl sites for hydroxylation is 4. The normalized spacial score (nSPS) is 14.3. The Morgan fingerprint density at radius 2 is 1.12 bits per heavy atom. The maximum atomic E-state index is 6.93. The van der Waals surface area contributed by atoms with Crippen molar-refractivity contribution in [3.63, 3.8) is 0 Å². The molecule has 4 aromatic carbocycles. The van der Waals surface area contributed by atoms with Crippen LogP contribution in [0.15, 0.2) is 107 Å². The van der Waals surface area contributed by atoms with Crippen molar-refractivity contribution >= 4 is 96.5 Å². The highest BCUT2D eigenvalue weighted by Gasteiger charge is 2.31. The van der Waals surface area contributed by atoms with Gasteiger partial charge in [0.25, 0.3) is 0 Å². The van der Waals surface area contributed by atoms with Gasteiger partial charge in [-0.15, -0.1) is 0 Å². The van der Waals surface area contributed by atoms with Crippen molar-refractivity contribution in [2.45, 2.75) is 87.5 Å². The van der Waals surface area contributed by atoms with E-state index < -0.39 is 15.8 Å². The van der Waals surface area contributed by atoms with Gasteiger partial charge in [0.15, 0.2) is 5.44 Å². The molecule has 4 rings (SSSR count). The second-order valence-electron chi connectivity index (χ2n) is 11.9. The summed E-state index contributed by atoms with van der Waals surface area (Å²) in [5, 5.41) is 0.879. The summed E-state index contributed by atoms with van der Waals surface area (Å²) in [4.78, 5) is 3.17. The Hall–Kier alpha value is -0.930. The molecule has 1 N–H and O–H groups in total. The van der Waals surface area contributed by atoms with E-state index in [4.69, 9.17) is 45.3 Å². The van der Waals surface area contributed by atoms with E-state index in [0.29, 0.717) is 0 Å². The number of ether oxygens (including phenoxy) is 2. The number of unbranched alkanes of at least 4 members (excludes halogenated alkanes) is 3. The Morgan fingerprint density at radius 3 is 1.64 bits per heavy atom. The first-order valence-electron chi connectivity index (χ1n) is 16.8. The summed E-state index contributed by atoms with van der Waals surface area (Å²) >= 11 is 25.7. The maximum Gasteiger partial charge on any atom is 0.224 e. The van der Waals surface area contributed by atoms with Gasteiger partial charge in [-0.1, -0.05) is 175 Å². The van der Waals surface area contributed by atoms with E-state index in [1.807, 2.05) is 36.4 Å². The highest BCUT2D eigenvalue weighted by atomic mass is 33.2. The average molecular weight is 836 g/mol. The minimum atomic E-state index is -1.40. The quantitative estimate of drug-likeness (QED) is 0.0402. The van der Waals surface area contributed by atoms with Crippen LogP contribution in [0.1, 0.15) is 61.3 Å². The fourth-order valence-electron chi connectivity index (χ4n) is 5.05. The summed E-state index contributed by atoms with van der Waals surface area (Å²) in [6, 6.07) is 33.2. The molecule has 0 heterocycles. The van der Waals surface area contributed by atoms with Crippen molar-refractivity contribution in [3.8, 4) is 11.5 Å². The zero-order valence-corrected chi connectivity index (χ0v) is 36.9. The van der Waals surface area contributed by atoms with E-state index in [2.05, 4.69) is 101 Å². The van der Waals surface area contributed by atoms with Gasteiger partial charge in [0.1, 0.15) is 11.5 Å². The summed E-state index contributed by atoms with van der Waals surface area (Å²) in [5.41, 5.74) is 3.91. The molecule has 0 bridgehead atoms. The van der Waals surface area contributed by atoms with Crippen LogP contribution in [0, 0.1) is 33.6 Å². The Kier molecular flexibility index (Phi) is 18.7. The fraction of sp³-hybridized carbons (Fsp3) is 0.342. The van der Waals surface area contributed by atoms with Gasteiger partial charge in [-0.2, -0.15) is 0 Å². The molecule has 0 aromatic heterocycles. The molecule has 0 amide bonds. The van der Waals surface area contributed by atoms with E-state index in [1.54, 1.807) is 45.5 Å². The minimum absolute atomic E-state index is 0.0831. The van der Waals surface area contributed by atoms with E-state index >= 15 is 0 Å². The number of hydrogen-bond acceptors (Lipinski definition) is 9. The summed E-state index contributed by atoms with van der Waals surface area (Å²) < 4.78 is 13.6. The highest BCUT2D eigenvalue weighted by Crippen LogP contribution is 2.59. The number of para-hydroxylation sites is 2. The molecule has 3 nitrogen and oxygen atoms in total. The summed E-state index contributed by atoms with van der Waals surface area (Å²) in [5.74, 6) is 1.60. The second-order valence-corrected chi connectivity index (χ2v) is 30.6. The first-order valence-corrected chi connectivity index (χ1v) is 28.7. The zero-order chi connectivity index (χ0) is 35.9. The predicted octanol–water partition coefficient (Wildman–Crippen LogP) is 13.6. The number of benzene rings is 4. The lowest BCUT2D eigenvalue weighted by atomic mass is 10.0. The van der Waals surface area contributed by atoms with Gasteiger partial charge < -0.3 is 14.8 Å². The minimum Gasteiger partial charge on any atom is -0.478 e. The molecule has 0 radical (unpaired) electrons. The molecule has 0 saturated heterocycles. The van der Waals surface area contributed by atoms with Crippen LogP contribution >= 0.6 is 67.9 Å². The van der Waals surface area contributed by atoms with Crippen molar-refractivity contribution in [2.24, 2.45) is 5.92 Å². The van der Waals surface area contributed by atoms with Crippen molar-refractivity contribution in [3.05, 3.63) is 119 Å². The molecule has 0 aliphatic carbocycles. The van der Waals surface area contributed by atoms with Crippen molar-refractivity contribution in [1.82, 2.24) is 5.32 Å². The SMILES string of the molecule is CCCCCCC(C(=S)NC(Oc1ccccc1C)S[PH](=S)Sc1ccccc1C)C(Oc1ccccc1C)S[PH](=S)Sc1ccccc1C. The van der Waals surface area contributed by atoms with Crippen molar-refractivity contribution in [2.75, 3.05) is 0 Å². The Morgan fingerprint density at radius 1 is 0.640 bits per heavy atom. The van der Waals surface area contributed by atoms with Gasteiger partial charge in [0, 0.05) is 9.79 Å². The van der Waals surface area contributed by atoms with Crippen LogP contribution in [0.4, 0.5) is 0 Å². The number of nitrogens with one attached hydrogen (secondary N) is 1. The Labute approximate surface area is 332 Å². The number of rotatable bonds is 20. The molecule has 0 fully saturated rings. The van der Waals surface area contributed by atoms with Crippen LogP contribution in [-0.2, 0) is 23.6 Å². The van der Waals surface area contributed by atoms with Gasteiger partial charge in [0.05, 0.1) is 21.1 Å². The first-order chi connectivity index (χ1) is 24.1. The molecule has 12 heteroatoms. The summed E-state index contributed by atoms with van der Waals surface area (Å²) in [6.45, 7) is 10.7. The molecular formula is C38H47NO2P2S7. The molecule has 0 saturated carbocycles. The second kappa shape index (κ2) is 22.3. The summed E-state index contributed by atoms with van der Waals surface area (Å²) in [6.07, 6.45) is 5.44. The Balaban J connectivity index is 1.63. The smallest absolute Gasteiger partial charge is 0.224 e. The van der Waals surface area contributed by atoms with Gasteiger partial charge >= 0.3 is 0 Å². The van der Waals surface area contributed by atoms with Crippen LogP contribution in [0.3, 0.4) is 0 Å². The van der Waals surface area contributed by atoms with Gasteiger partial charge in [-0.05, 0) is 92.0 Å². The molecule has 5 unspecified atom stereocenters. The lowest BCUT2D eigenvalue weighted by Gasteiger charge is -2.31. The van der Waals surface area contributed by atoms with Gasteiger partial charge in [-0.25, -0.2) is 0 Å². The lowest BCUT2D eigenvalue weighted by molar-refractivity contribution is 0.233. The fourth-order valence-corrected chi connectivity index (χ4v) is 20.2. The largest absolute Gasteiger partial charge is 0.478 e. The maximum absolute atomic E-state index is 6.93. The molecule has 4 aromatic rings. The lowest BCUT2D eigenvalue weighted by Crippen LogP contribution is -2.43. The average Bonchev–Trinajstić information content (AvgIpc) is 3.08. The van der Waals surface area contributed by atoms with E-state index in [0.717, 1.165) is 46.9 Å².